The monoisotopic (exact) mass is 410 g/mol. The number of hydrazine groups is 1. The molecule has 2 saturated heterocycles. The first-order valence-electron chi connectivity index (χ1n) is 10.3. The highest BCUT2D eigenvalue weighted by Gasteiger charge is 2.28. The number of nitrogens with zero attached hydrogens (tertiary/aromatic N) is 2. The number of rotatable bonds is 7. The van der Waals surface area contributed by atoms with Crippen LogP contribution in [-0.2, 0) is 11.4 Å². The predicted molar refractivity (Wildman–Crippen MR) is 110 cm³/mol. The molecule has 0 bridgehead atoms. The number of ether oxygens (including phenoxy) is 1. The molecule has 3 heterocycles. The summed E-state index contributed by atoms with van der Waals surface area (Å²) in [5.74, 6) is -0.165. The third-order valence-corrected chi connectivity index (χ3v) is 5.57. The van der Waals surface area contributed by atoms with Gasteiger partial charge >= 0.3 is 5.97 Å². The van der Waals surface area contributed by atoms with Crippen LogP contribution in [0.15, 0.2) is 42.6 Å². The Kier molecular flexibility index (Phi) is 6.25. The van der Waals surface area contributed by atoms with Gasteiger partial charge in [0.15, 0.2) is 0 Å². The zero-order valence-electron chi connectivity index (χ0n) is 16.7. The van der Waals surface area contributed by atoms with Crippen LogP contribution in [-0.4, -0.2) is 46.5 Å². The van der Waals surface area contributed by atoms with Crippen molar-refractivity contribution in [3.05, 3.63) is 59.4 Å². The number of carboxylic acid groups (broad SMARTS) is 1. The van der Waals surface area contributed by atoms with Crippen molar-refractivity contribution in [3.63, 3.8) is 0 Å². The first-order valence-corrected chi connectivity index (χ1v) is 10.3. The van der Waals surface area contributed by atoms with Crippen molar-refractivity contribution in [2.45, 2.75) is 31.9 Å². The Morgan fingerprint density at radius 3 is 2.87 bits per heavy atom. The van der Waals surface area contributed by atoms with E-state index in [1.807, 2.05) is 30.3 Å². The minimum absolute atomic E-state index is 0.0312. The Bertz CT molecular complexity index is 896. The summed E-state index contributed by atoms with van der Waals surface area (Å²) in [4.78, 5) is 29.9. The number of carbonyl (C=O) groups excluding carboxylic acids is 1. The highest BCUT2D eigenvalue weighted by atomic mass is 16.5. The van der Waals surface area contributed by atoms with Crippen LogP contribution in [0.4, 0.5) is 0 Å². The molecule has 1 amide bonds. The number of carboxylic acids is 1. The molecule has 158 valence electrons. The van der Waals surface area contributed by atoms with Gasteiger partial charge in [-0.3, -0.25) is 20.0 Å². The Hall–Kier alpha value is -2.97. The van der Waals surface area contributed by atoms with E-state index in [1.165, 1.54) is 0 Å². The Labute approximate surface area is 175 Å². The van der Waals surface area contributed by atoms with Gasteiger partial charge in [-0.05, 0) is 48.6 Å². The van der Waals surface area contributed by atoms with Gasteiger partial charge in [0, 0.05) is 31.6 Å². The molecule has 0 spiro atoms. The maximum atomic E-state index is 12.8. The average Bonchev–Trinajstić information content (AvgIpc) is 3.44. The van der Waals surface area contributed by atoms with E-state index in [-0.39, 0.29) is 24.3 Å². The molecule has 1 aromatic heterocycles. The average molecular weight is 410 g/mol. The van der Waals surface area contributed by atoms with Crippen molar-refractivity contribution in [2.24, 2.45) is 5.92 Å². The molecule has 2 atom stereocenters. The van der Waals surface area contributed by atoms with Crippen molar-refractivity contribution in [3.8, 4) is 5.75 Å². The second-order valence-electron chi connectivity index (χ2n) is 7.82. The molecule has 30 heavy (non-hydrogen) atoms. The van der Waals surface area contributed by atoms with E-state index in [4.69, 9.17) is 9.84 Å². The second-order valence-corrected chi connectivity index (χ2v) is 7.82. The normalized spacial score (nSPS) is 21.0. The molecule has 3 N–H and O–H groups in total. The summed E-state index contributed by atoms with van der Waals surface area (Å²) < 4.78 is 5.84. The third-order valence-electron chi connectivity index (χ3n) is 5.57. The highest BCUT2D eigenvalue weighted by molar-refractivity contribution is 5.94. The molecular weight excluding hydrogens is 384 g/mol. The summed E-state index contributed by atoms with van der Waals surface area (Å²) in [5, 5.41) is 8.95. The molecule has 0 aliphatic carbocycles. The summed E-state index contributed by atoms with van der Waals surface area (Å²) in [6.07, 6.45) is 3.56. The molecule has 2 aliphatic rings. The predicted octanol–water partition coefficient (Wildman–Crippen LogP) is 2.14. The number of benzene rings is 1. The Morgan fingerprint density at radius 1 is 1.23 bits per heavy atom. The molecule has 8 nitrogen and oxygen atoms in total. The molecule has 2 aliphatic heterocycles. The van der Waals surface area contributed by atoms with E-state index < -0.39 is 5.97 Å². The molecule has 4 rings (SSSR count). The van der Waals surface area contributed by atoms with Crippen LogP contribution in [0.2, 0.25) is 0 Å². The molecule has 2 fully saturated rings. The van der Waals surface area contributed by atoms with Crippen molar-refractivity contribution < 1.29 is 19.4 Å². The summed E-state index contributed by atoms with van der Waals surface area (Å²) in [5.41, 5.74) is 8.75. The molecule has 0 radical (unpaired) electrons. The van der Waals surface area contributed by atoms with Crippen LogP contribution in [0.3, 0.4) is 0 Å². The zero-order chi connectivity index (χ0) is 20.9. The summed E-state index contributed by atoms with van der Waals surface area (Å²) in [7, 11) is 0. The Morgan fingerprint density at radius 2 is 2.13 bits per heavy atom. The number of aromatic nitrogens is 1. The van der Waals surface area contributed by atoms with Crippen LogP contribution in [0.25, 0.3) is 0 Å². The van der Waals surface area contributed by atoms with Crippen LogP contribution in [0, 0.1) is 5.92 Å². The van der Waals surface area contributed by atoms with E-state index >= 15 is 0 Å². The maximum Gasteiger partial charge on any atom is 0.303 e. The van der Waals surface area contributed by atoms with E-state index in [9.17, 15) is 9.59 Å². The number of nitrogens with one attached hydrogen (secondary N) is 2. The minimum Gasteiger partial charge on any atom is -0.487 e. The maximum absolute atomic E-state index is 12.8. The van der Waals surface area contributed by atoms with Gasteiger partial charge in [0.2, 0.25) is 0 Å². The summed E-state index contributed by atoms with van der Waals surface area (Å²) >= 11 is 0. The van der Waals surface area contributed by atoms with E-state index in [2.05, 4.69) is 15.8 Å². The van der Waals surface area contributed by atoms with Gasteiger partial charge in [-0.2, -0.15) is 0 Å². The van der Waals surface area contributed by atoms with Crippen molar-refractivity contribution in [1.29, 1.82) is 0 Å². The molecular formula is C22H26N4O4. The van der Waals surface area contributed by atoms with E-state index in [0.29, 0.717) is 31.0 Å². The van der Waals surface area contributed by atoms with Crippen molar-refractivity contribution in [1.82, 2.24) is 20.7 Å². The second kappa shape index (κ2) is 9.23. The molecule has 8 heteroatoms. The van der Waals surface area contributed by atoms with Crippen LogP contribution < -0.4 is 15.6 Å². The quantitative estimate of drug-likeness (QED) is 0.642. The molecule has 1 aromatic carbocycles. The largest absolute Gasteiger partial charge is 0.487 e. The van der Waals surface area contributed by atoms with E-state index in [0.717, 1.165) is 30.6 Å². The smallest absolute Gasteiger partial charge is 0.303 e. The van der Waals surface area contributed by atoms with Gasteiger partial charge in [0.05, 0.1) is 17.9 Å². The topological polar surface area (TPSA) is 104 Å². The fourth-order valence-electron chi connectivity index (χ4n) is 3.96. The first-order chi connectivity index (χ1) is 14.6. The van der Waals surface area contributed by atoms with Gasteiger partial charge in [-0.25, -0.2) is 5.43 Å². The summed E-state index contributed by atoms with van der Waals surface area (Å²) in [6.45, 7) is 2.36. The standard InChI is InChI=1S/C22H26N4O4/c27-21(28)11-15-7-9-26(13-15)22(29)17-3-1-2-16(10-17)14-30-18-4-5-19(23-12-18)20-6-8-24-25-20/h1-5,10,12,15,20,24-25H,6-9,11,13-14H2,(H,27,28)/t15-,20?/m0/s1. The van der Waals surface area contributed by atoms with Gasteiger partial charge in [-0.15, -0.1) is 0 Å². The molecule has 2 aromatic rings. The van der Waals surface area contributed by atoms with Gasteiger partial charge in [0.1, 0.15) is 12.4 Å². The highest BCUT2D eigenvalue weighted by Crippen LogP contribution is 2.23. The molecule has 1 unspecified atom stereocenters. The SMILES string of the molecule is O=C(O)C[C@@H]1CCN(C(=O)c2cccc(COc3ccc(C4CCNN4)nc3)c2)C1. The van der Waals surface area contributed by atoms with E-state index in [1.54, 1.807) is 17.2 Å². The third kappa shape index (κ3) is 4.95. The fraction of sp³-hybridized carbons (Fsp3) is 0.409. The number of amides is 1. The van der Waals surface area contributed by atoms with Crippen molar-refractivity contribution >= 4 is 11.9 Å². The van der Waals surface area contributed by atoms with Crippen LogP contribution >= 0.6 is 0 Å². The number of pyridine rings is 1. The number of hydrogen-bond acceptors (Lipinski definition) is 6. The summed E-state index contributed by atoms with van der Waals surface area (Å²) in [6, 6.07) is 11.5. The van der Waals surface area contributed by atoms with Crippen molar-refractivity contribution in [2.75, 3.05) is 19.6 Å². The number of likely N-dealkylation sites (tertiary alicyclic amines) is 1. The van der Waals surface area contributed by atoms with Gasteiger partial charge in [-0.1, -0.05) is 12.1 Å². The lowest BCUT2D eigenvalue weighted by Gasteiger charge is -2.17. The lowest BCUT2D eigenvalue weighted by Crippen LogP contribution is -2.29. The van der Waals surface area contributed by atoms with Gasteiger partial charge in [0.25, 0.3) is 5.91 Å². The lowest BCUT2D eigenvalue weighted by molar-refractivity contribution is -0.138. The Balaban J connectivity index is 1.33. The number of aliphatic carboxylic acids is 1. The van der Waals surface area contributed by atoms with Crippen LogP contribution in [0.1, 0.15) is 46.9 Å². The fourth-order valence-corrected chi connectivity index (χ4v) is 3.96. The first kappa shape index (κ1) is 20.3. The van der Waals surface area contributed by atoms with Gasteiger partial charge < -0.3 is 14.7 Å². The zero-order valence-corrected chi connectivity index (χ0v) is 16.7. The van der Waals surface area contributed by atoms with Crippen LogP contribution in [0.5, 0.6) is 5.75 Å². The number of carbonyl (C=O) groups is 2. The number of hydrogen-bond donors (Lipinski definition) is 3. The minimum atomic E-state index is -0.813. The lowest BCUT2D eigenvalue weighted by atomic mass is 10.1. The molecule has 0 saturated carbocycles.